The maximum Gasteiger partial charge on any atom is 0.238 e. The van der Waals surface area contributed by atoms with Crippen molar-refractivity contribution in [1.82, 2.24) is 4.90 Å². The number of likely N-dealkylation sites (N-methyl/N-ethyl adjacent to an activating group) is 1. The van der Waals surface area contributed by atoms with Crippen LogP contribution in [0.15, 0.2) is 53.4 Å². The summed E-state index contributed by atoms with van der Waals surface area (Å²) in [5.74, 6) is 0.761. The predicted octanol–water partition coefficient (Wildman–Crippen LogP) is 3.06. The van der Waals surface area contributed by atoms with Gasteiger partial charge in [-0.2, -0.15) is 0 Å². The molecule has 24 heavy (non-hydrogen) atoms. The van der Waals surface area contributed by atoms with Gasteiger partial charge in [0.2, 0.25) is 10.0 Å². The molecule has 0 aliphatic heterocycles. The van der Waals surface area contributed by atoms with Gasteiger partial charge in [0, 0.05) is 17.6 Å². The summed E-state index contributed by atoms with van der Waals surface area (Å²) < 4.78 is 28.6. The number of rotatable bonds is 7. The monoisotopic (exact) mass is 368 g/mol. The molecule has 0 fully saturated rings. The normalized spacial score (nSPS) is 13.0. The summed E-state index contributed by atoms with van der Waals surface area (Å²) in [5.41, 5.74) is 0.885. The van der Waals surface area contributed by atoms with Crippen molar-refractivity contribution in [3.05, 3.63) is 59.1 Å². The van der Waals surface area contributed by atoms with Gasteiger partial charge in [0.05, 0.1) is 4.90 Å². The van der Waals surface area contributed by atoms with Crippen LogP contribution in [-0.2, 0) is 10.0 Å². The van der Waals surface area contributed by atoms with Gasteiger partial charge in [-0.1, -0.05) is 23.7 Å². The SMILES string of the molecule is CC(c1cccc(S(N)(=O)=O)c1)N(C)CCOc1ccc(Cl)cc1. The Morgan fingerprint density at radius 2 is 1.88 bits per heavy atom. The molecule has 0 spiro atoms. The third-order valence-electron chi connectivity index (χ3n) is 3.86. The number of hydrogen-bond acceptors (Lipinski definition) is 4. The molecule has 5 nitrogen and oxygen atoms in total. The molecule has 0 heterocycles. The summed E-state index contributed by atoms with van der Waals surface area (Å²) in [5, 5.41) is 5.86. The molecule has 0 radical (unpaired) electrons. The van der Waals surface area contributed by atoms with E-state index in [9.17, 15) is 8.42 Å². The van der Waals surface area contributed by atoms with Crippen molar-refractivity contribution >= 4 is 21.6 Å². The first kappa shape index (κ1) is 18.7. The van der Waals surface area contributed by atoms with Gasteiger partial charge < -0.3 is 4.74 Å². The van der Waals surface area contributed by atoms with E-state index in [0.29, 0.717) is 18.2 Å². The van der Waals surface area contributed by atoms with Gasteiger partial charge in [-0.15, -0.1) is 0 Å². The lowest BCUT2D eigenvalue weighted by Crippen LogP contribution is -2.27. The highest BCUT2D eigenvalue weighted by molar-refractivity contribution is 7.89. The van der Waals surface area contributed by atoms with Crippen molar-refractivity contribution in [2.45, 2.75) is 17.9 Å². The van der Waals surface area contributed by atoms with E-state index in [4.69, 9.17) is 21.5 Å². The highest BCUT2D eigenvalue weighted by atomic mass is 35.5. The molecule has 2 aromatic carbocycles. The average molecular weight is 369 g/mol. The van der Waals surface area contributed by atoms with Crippen molar-refractivity contribution < 1.29 is 13.2 Å². The molecule has 0 aliphatic rings. The minimum atomic E-state index is -3.70. The second-order valence-electron chi connectivity index (χ2n) is 5.58. The number of halogens is 1. The fraction of sp³-hybridized carbons (Fsp3) is 0.294. The molecular formula is C17H21ClN2O3S. The second kappa shape index (κ2) is 7.98. The largest absolute Gasteiger partial charge is 0.492 e. The van der Waals surface area contributed by atoms with E-state index in [2.05, 4.69) is 4.90 Å². The quantitative estimate of drug-likeness (QED) is 0.815. The lowest BCUT2D eigenvalue weighted by Gasteiger charge is -2.25. The number of ether oxygens (including phenoxy) is 1. The molecule has 7 heteroatoms. The molecular weight excluding hydrogens is 348 g/mol. The Labute approximate surface area is 148 Å². The topological polar surface area (TPSA) is 72.6 Å². The third kappa shape index (κ3) is 5.21. The number of benzene rings is 2. The van der Waals surface area contributed by atoms with Crippen LogP contribution in [-0.4, -0.2) is 33.5 Å². The fourth-order valence-electron chi connectivity index (χ4n) is 2.24. The van der Waals surface area contributed by atoms with Crippen LogP contribution in [0.4, 0.5) is 0 Å². The van der Waals surface area contributed by atoms with Crippen LogP contribution >= 0.6 is 11.6 Å². The molecule has 0 saturated heterocycles. The lowest BCUT2D eigenvalue weighted by molar-refractivity contribution is 0.201. The minimum absolute atomic E-state index is 0.0283. The molecule has 1 atom stereocenters. The van der Waals surface area contributed by atoms with Crippen LogP contribution in [0.1, 0.15) is 18.5 Å². The Morgan fingerprint density at radius 1 is 1.21 bits per heavy atom. The van der Waals surface area contributed by atoms with Crippen molar-refractivity contribution in [1.29, 1.82) is 0 Å². The Bertz CT molecular complexity index is 779. The highest BCUT2D eigenvalue weighted by Gasteiger charge is 2.15. The first-order chi connectivity index (χ1) is 11.3. The van der Waals surface area contributed by atoms with Crippen LogP contribution in [0.25, 0.3) is 0 Å². The van der Waals surface area contributed by atoms with E-state index in [1.54, 1.807) is 24.3 Å². The smallest absolute Gasteiger partial charge is 0.238 e. The minimum Gasteiger partial charge on any atom is -0.492 e. The molecule has 130 valence electrons. The number of nitrogens with zero attached hydrogens (tertiary/aromatic N) is 1. The number of sulfonamides is 1. The summed E-state index contributed by atoms with van der Waals surface area (Å²) in [4.78, 5) is 2.20. The van der Waals surface area contributed by atoms with Crippen molar-refractivity contribution in [3.8, 4) is 5.75 Å². The number of nitrogens with two attached hydrogens (primary N) is 1. The van der Waals surface area contributed by atoms with Gasteiger partial charge in [-0.05, 0) is 55.9 Å². The number of primary sulfonamides is 1. The Hall–Kier alpha value is -1.60. The van der Waals surface area contributed by atoms with Gasteiger partial charge in [-0.25, -0.2) is 13.6 Å². The van der Waals surface area contributed by atoms with Crippen LogP contribution in [0.3, 0.4) is 0 Å². The second-order valence-corrected chi connectivity index (χ2v) is 7.57. The molecule has 0 amide bonds. The fourth-order valence-corrected chi connectivity index (χ4v) is 2.93. The van der Waals surface area contributed by atoms with Crippen molar-refractivity contribution in [3.63, 3.8) is 0 Å². The maximum absolute atomic E-state index is 11.5. The summed E-state index contributed by atoms with van der Waals surface area (Å²) >= 11 is 5.83. The van der Waals surface area contributed by atoms with Gasteiger partial charge >= 0.3 is 0 Å². The first-order valence-electron chi connectivity index (χ1n) is 7.49. The standard InChI is InChI=1S/C17H21ClN2O3S/c1-13(14-4-3-5-17(12-14)24(19,21)22)20(2)10-11-23-16-8-6-15(18)7-9-16/h3-9,12-13H,10-11H2,1-2H3,(H2,19,21,22). The van der Waals surface area contributed by atoms with E-state index < -0.39 is 10.0 Å². The van der Waals surface area contributed by atoms with Gasteiger partial charge in [0.25, 0.3) is 0 Å². The van der Waals surface area contributed by atoms with Crippen LogP contribution in [0.2, 0.25) is 5.02 Å². The van der Waals surface area contributed by atoms with E-state index >= 15 is 0 Å². The molecule has 0 saturated carbocycles. The molecule has 2 N–H and O–H groups in total. The predicted molar refractivity (Wildman–Crippen MR) is 95.8 cm³/mol. The molecule has 0 bridgehead atoms. The highest BCUT2D eigenvalue weighted by Crippen LogP contribution is 2.21. The Kier molecular flexibility index (Phi) is 6.23. The summed E-state index contributed by atoms with van der Waals surface area (Å²) in [6.45, 7) is 3.20. The van der Waals surface area contributed by atoms with Crippen molar-refractivity contribution in [2.24, 2.45) is 5.14 Å². The van der Waals surface area contributed by atoms with Crippen LogP contribution < -0.4 is 9.88 Å². The lowest BCUT2D eigenvalue weighted by atomic mass is 10.1. The van der Waals surface area contributed by atoms with E-state index in [1.807, 2.05) is 32.2 Å². The van der Waals surface area contributed by atoms with Crippen LogP contribution in [0, 0.1) is 0 Å². The van der Waals surface area contributed by atoms with Crippen LogP contribution in [0.5, 0.6) is 5.75 Å². The third-order valence-corrected chi connectivity index (χ3v) is 5.02. The van der Waals surface area contributed by atoms with Gasteiger partial charge in [0.15, 0.2) is 0 Å². The molecule has 2 rings (SSSR count). The van der Waals surface area contributed by atoms with Gasteiger partial charge in [0.1, 0.15) is 12.4 Å². The maximum atomic E-state index is 11.5. The van der Waals surface area contributed by atoms with Gasteiger partial charge in [-0.3, -0.25) is 4.90 Å². The molecule has 0 aromatic heterocycles. The average Bonchev–Trinajstić information content (AvgIpc) is 2.55. The zero-order chi connectivity index (χ0) is 17.7. The zero-order valence-corrected chi connectivity index (χ0v) is 15.2. The van der Waals surface area contributed by atoms with E-state index in [1.165, 1.54) is 6.07 Å². The Morgan fingerprint density at radius 3 is 2.50 bits per heavy atom. The summed E-state index contributed by atoms with van der Waals surface area (Å²) in [6, 6.07) is 13.9. The van der Waals surface area contributed by atoms with Crippen molar-refractivity contribution in [2.75, 3.05) is 20.2 Å². The number of hydrogen-bond donors (Lipinski definition) is 1. The molecule has 2 aromatic rings. The molecule has 1 unspecified atom stereocenters. The first-order valence-corrected chi connectivity index (χ1v) is 9.41. The molecule has 0 aliphatic carbocycles. The summed E-state index contributed by atoms with van der Waals surface area (Å²) in [7, 11) is -1.74. The zero-order valence-electron chi connectivity index (χ0n) is 13.6. The van der Waals surface area contributed by atoms with E-state index in [0.717, 1.165) is 11.3 Å². The van der Waals surface area contributed by atoms with E-state index in [-0.39, 0.29) is 10.9 Å². The summed E-state index contributed by atoms with van der Waals surface area (Å²) in [6.07, 6.45) is 0. The Balaban J connectivity index is 1.94.